The second-order valence-electron chi connectivity index (χ2n) is 8.54. The van der Waals surface area contributed by atoms with Crippen LogP contribution in [0.15, 0.2) is 78.0 Å². The van der Waals surface area contributed by atoms with Crippen molar-refractivity contribution in [3.8, 4) is 11.4 Å². The lowest BCUT2D eigenvalue weighted by molar-refractivity contribution is -0.127. The first-order valence-electron chi connectivity index (χ1n) is 11.5. The number of aromatic nitrogens is 3. The van der Waals surface area contributed by atoms with E-state index >= 15 is 0 Å². The van der Waals surface area contributed by atoms with Crippen LogP contribution in [-0.4, -0.2) is 45.5 Å². The van der Waals surface area contributed by atoms with E-state index in [2.05, 4.69) is 58.9 Å². The van der Waals surface area contributed by atoms with Gasteiger partial charge in [-0.15, -0.1) is 10.2 Å². The standard InChI is InChI=1S/C28H30N4O2S/c1-20-14-15-24(21(2)16-20)32-26(17-22-10-6-5-7-11-22)29-30-28(32)35-19-27(33)31(3)18-23-12-8-9-13-25(23)34-4/h5-16H,17-19H2,1-4H3. The van der Waals surface area contributed by atoms with Gasteiger partial charge in [0.2, 0.25) is 5.91 Å². The molecule has 0 atom stereocenters. The Hall–Kier alpha value is -3.58. The molecule has 0 unspecified atom stereocenters. The van der Waals surface area contributed by atoms with Gasteiger partial charge in [-0.2, -0.15) is 0 Å². The topological polar surface area (TPSA) is 60.2 Å². The van der Waals surface area contributed by atoms with E-state index in [1.165, 1.54) is 17.3 Å². The van der Waals surface area contributed by atoms with Crippen molar-refractivity contribution in [3.05, 3.63) is 101 Å². The Kier molecular flexibility index (Phi) is 7.87. The molecule has 0 aliphatic heterocycles. The summed E-state index contributed by atoms with van der Waals surface area (Å²) in [7, 11) is 3.45. The molecule has 180 valence electrons. The summed E-state index contributed by atoms with van der Waals surface area (Å²) in [5.74, 6) is 1.90. The molecule has 1 heterocycles. The van der Waals surface area contributed by atoms with E-state index < -0.39 is 0 Å². The third-order valence-corrected chi connectivity index (χ3v) is 6.76. The number of benzene rings is 3. The molecule has 0 fully saturated rings. The summed E-state index contributed by atoms with van der Waals surface area (Å²) in [6, 6.07) is 24.3. The van der Waals surface area contributed by atoms with Gasteiger partial charge < -0.3 is 9.64 Å². The van der Waals surface area contributed by atoms with Gasteiger partial charge in [0, 0.05) is 25.6 Å². The highest BCUT2D eigenvalue weighted by molar-refractivity contribution is 7.99. The molecule has 1 aromatic heterocycles. The van der Waals surface area contributed by atoms with E-state index in [0.29, 0.717) is 18.1 Å². The smallest absolute Gasteiger partial charge is 0.233 e. The van der Waals surface area contributed by atoms with Crippen LogP contribution in [0.3, 0.4) is 0 Å². The lowest BCUT2D eigenvalue weighted by Crippen LogP contribution is -2.28. The van der Waals surface area contributed by atoms with Gasteiger partial charge >= 0.3 is 0 Å². The number of carbonyl (C=O) groups is 1. The number of carbonyl (C=O) groups excluding carboxylic acids is 1. The van der Waals surface area contributed by atoms with Crippen LogP contribution in [0, 0.1) is 13.8 Å². The first kappa shape index (κ1) is 24.5. The van der Waals surface area contributed by atoms with Gasteiger partial charge in [0.25, 0.3) is 0 Å². The Bertz CT molecular complexity index is 1300. The number of rotatable bonds is 9. The number of nitrogens with zero attached hydrogens (tertiary/aromatic N) is 4. The van der Waals surface area contributed by atoms with E-state index in [-0.39, 0.29) is 11.7 Å². The van der Waals surface area contributed by atoms with Gasteiger partial charge in [0.15, 0.2) is 5.16 Å². The monoisotopic (exact) mass is 486 g/mol. The molecule has 1 amide bonds. The molecule has 4 aromatic rings. The zero-order chi connectivity index (χ0) is 24.8. The van der Waals surface area contributed by atoms with Gasteiger partial charge in [-0.05, 0) is 37.1 Å². The minimum absolute atomic E-state index is 0.0145. The number of para-hydroxylation sites is 1. The van der Waals surface area contributed by atoms with Gasteiger partial charge in [0.05, 0.1) is 18.6 Å². The summed E-state index contributed by atoms with van der Waals surface area (Å²) >= 11 is 1.41. The molecular weight excluding hydrogens is 456 g/mol. The normalized spacial score (nSPS) is 10.9. The van der Waals surface area contributed by atoms with Crippen LogP contribution in [-0.2, 0) is 17.8 Å². The fourth-order valence-electron chi connectivity index (χ4n) is 4.00. The van der Waals surface area contributed by atoms with Crippen molar-refractivity contribution in [2.24, 2.45) is 0 Å². The third-order valence-electron chi connectivity index (χ3n) is 5.85. The minimum atomic E-state index is 0.0145. The molecule has 35 heavy (non-hydrogen) atoms. The van der Waals surface area contributed by atoms with E-state index in [0.717, 1.165) is 34.0 Å². The quantitative estimate of drug-likeness (QED) is 0.303. The fourth-order valence-corrected chi connectivity index (χ4v) is 4.90. The maximum Gasteiger partial charge on any atom is 0.233 e. The number of aryl methyl sites for hydroxylation is 2. The lowest BCUT2D eigenvalue weighted by atomic mass is 10.1. The molecule has 0 radical (unpaired) electrons. The number of thioether (sulfide) groups is 1. The van der Waals surface area contributed by atoms with Crippen molar-refractivity contribution in [1.29, 1.82) is 0 Å². The maximum absolute atomic E-state index is 13.0. The molecule has 0 bridgehead atoms. The SMILES string of the molecule is COc1ccccc1CN(C)C(=O)CSc1nnc(Cc2ccccc2)n1-c1ccc(C)cc1C. The summed E-state index contributed by atoms with van der Waals surface area (Å²) in [4.78, 5) is 14.7. The highest BCUT2D eigenvalue weighted by atomic mass is 32.2. The molecule has 3 aromatic carbocycles. The minimum Gasteiger partial charge on any atom is -0.496 e. The summed E-state index contributed by atoms with van der Waals surface area (Å²) in [5, 5.41) is 9.71. The van der Waals surface area contributed by atoms with Crippen LogP contribution < -0.4 is 4.74 Å². The molecule has 0 saturated heterocycles. The van der Waals surface area contributed by atoms with Crippen molar-refractivity contribution in [3.63, 3.8) is 0 Å². The summed E-state index contributed by atoms with van der Waals surface area (Å²) in [6.45, 7) is 4.65. The van der Waals surface area contributed by atoms with Crippen molar-refractivity contribution in [1.82, 2.24) is 19.7 Å². The van der Waals surface area contributed by atoms with Crippen LogP contribution in [0.4, 0.5) is 0 Å². The van der Waals surface area contributed by atoms with Crippen LogP contribution in [0.25, 0.3) is 5.69 Å². The van der Waals surface area contributed by atoms with Gasteiger partial charge in [0.1, 0.15) is 11.6 Å². The molecule has 0 aliphatic carbocycles. The second kappa shape index (κ2) is 11.2. The van der Waals surface area contributed by atoms with E-state index in [4.69, 9.17) is 4.74 Å². The highest BCUT2D eigenvalue weighted by Gasteiger charge is 2.19. The van der Waals surface area contributed by atoms with Crippen molar-refractivity contribution in [2.75, 3.05) is 19.9 Å². The number of methoxy groups -OCH3 is 1. The summed E-state index contributed by atoms with van der Waals surface area (Å²) in [6.07, 6.45) is 0.656. The summed E-state index contributed by atoms with van der Waals surface area (Å²) < 4.78 is 7.51. The van der Waals surface area contributed by atoms with Crippen LogP contribution in [0.2, 0.25) is 0 Å². The first-order chi connectivity index (χ1) is 17.0. The Morgan fingerprint density at radius 1 is 1.00 bits per heavy atom. The summed E-state index contributed by atoms with van der Waals surface area (Å²) in [5.41, 5.74) is 5.50. The predicted molar refractivity (Wildman–Crippen MR) is 140 cm³/mol. The van der Waals surface area contributed by atoms with Crippen molar-refractivity contribution in [2.45, 2.75) is 32.0 Å². The molecule has 0 N–H and O–H groups in total. The second-order valence-corrected chi connectivity index (χ2v) is 9.48. The van der Waals surface area contributed by atoms with Gasteiger partial charge in [-0.1, -0.05) is 78.0 Å². The number of hydrogen-bond donors (Lipinski definition) is 0. The third kappa shape index (κ3) is 5.92. The molecule has 0 aliphatic rings. The van der Waals surface area contributed by atoms with Gasteiger partial charge in [-0.3, -0.25) is 9.36 Å². The molecule has 7 heteroatoms. The highest BCUT2D eigenvalue weighted by Crippen LogP contribution is 2.27. The lowest BCUT2D eigenvalue weighted by Gasteiger charge is -2.19. The van der Waals surface area contributed by atoms with Crippen LogP contribution >= 0.6 is 11.8 Å². The first-order valence-corrected chi connectivity index (χ1v) is 12.5. The van der Waals surface area contributed by atoms with Crippen LogP contribution in [0.1, 0.15) is 28.1 Å². The number of hydrogen-bond acceptors (Lipinski definition) is 5. The molecular formula is C28H30N4O2S. The Balaban J connectivity index is 1.55. The maximum atomic E-state index is 13.0. The average molecular weight is 487 g/mol. The van der Waals surface area contributed by atoms with Crippen molar-refractivity contribution >= 4 is 17.7 Å². The number of amides is 1. The molecule has 0 spiro atoms. The average Bonchev–Trinajstić information content (AvgIpc) is 3.25. The molecule has 4 rings (SSSR count). The molecule has 0 saturated carbocycles. The van der Waals surface area contributed by atoms with E-state index in [1.54, 1.807) is 12.0 Å². The van der Waals surface area contributed by atoms with E-state index in [1.807, 2.05) is 49.5 Å². The largest absolute Gasteiger partial charge is 0.496 e. The Labute approximate surface area is 211 Å². The number of ether oxygens (including phenoxy) is 1. The zero-order valence-corrected chi connectivity index (χ0v) is 21.4. The van der Waals surface area contributed by atoms with E-state index in [9.17, 15) is 4.79 Å². The predicted octanol–water partition coefficient (Wildman–Crippen LogP) is 5.23. The van der Waals surface area contributed by atoms with Gasteiger partial charge in [-0.25, -0.2) is 0 Å². The Morgan fingerprint density at radius 3 is 2.49 bits per heavy atom. The van der Waals surface area contributed by atoms with Crippen molar-refractivity contribution < 1.29 is 9.53 Å². The zero-order valence-electron chi connectivity index (χ0n) is 20.6. The van der Waals surface area contributed by atoms with Crippen LogP contribution in [0.5, 0.6) is 5.75 Å². The molecule has 6 nitrogen and oxygen atoms in total. The Morgan fingerprint density at radius 2 is 1.74 bits per heavy atom. The fraction of sp³-hybridized carbons (Fsp3) is 0.250.